The van der Waals surface area contributed by atoms with Crippen molar-refractivity contribution in [2.24, 2.45) is 0 Å². The Labute approximate surface area is 117 Å². The van der Waals surface area contributed by atoms with Gasteiger partial charge >= 0.3 is 0 Å². The van der Waals surface area contributed by atoms with E-state index in [1.54, 1.807) is 31.4 Å². The first-order chi connectivity index (χ1) is 9.58. The molecule has 0 unspecified atom stereocenters. The van der Waals surface area contributed by atoms with Gasteiger partial charge < -0.3 is 10.1 Å². The van der Waals surface area contributed by atoms with Gasteiger partial charge in [0.05, 0.1) is 13.5 Å². The molecule has 1 N–H and O–H groups in total. The van der Waals surface area contributed by atoms with Crippen LogP contribution in [0.5, 0.6) is 5.75 Å². The summed E-state index contributed by atoms with van der Waals surface area (Å²) in [6.45, 7) is 1.90. The number of anilines is 1. The van der Waals surface area contributed by atoms with E-state index in [0.717, 1.165) is 22.6 Å². The molecule has 0 bridgehead atoms. The highest BCUT2D eigenvalue weighted by molar-refractivity contribution is 5.93. The molecule has 0 fully saturated rings. The van der Waals surface area contributed by atoms with Gasteiger partial charge in [0.25, 0.3) is 0 Å². The van der Waals surface area contributed by atoms with E-state index in [0.29, 0.717) is 0 Å². The van der Waals surface area contributed by atoms with Gasteiger partial charge in [-0.15, -0.1) is 0 Å². The van der Waals surface area contributed by atoms with Crippen LogP contribution in [0, 0.1) is 12.7 Å². The zero-order valence-corrected chi connectivity index (χ0v) is 11.4. The summed E-state index contributed by atoms with van der Waals surface area (Å²) in [6, 6.07) is 11.4. The molecule has 0 aliphatic heterocycles. The van der Waals surface area contributed by atoms with Crippen molar-refractivity contribution in [3.05, 3.63) is 59.4 Å². The molecule has 2 aromatic rings. The number of benzene rings is 2. The van der Waals surface area contributed by atoms with Gasteiger partial charge in [-0.2, -0.15) is 0 Å². The Kier molecular flexibility index (Phi) is 4.35. The summed E-state index contributed by atoms with van der Waals surface area (Å²) in [5, 5.41) is 2.84. The summed E-state index contributed by atoms with van der Waals surface area (Å²) in [5.74, 6) is 0.309. The third-order valence-electron chi connectivity index (χ3n) is 2.99. The second kappa shape index (κ2) is 6.19. The van der Waals surface area contributed by atoms with Crippen molar-refractivity contribution in [2.45, 2.75) is 13.3 Å². The van der Waals surface area contributed by atoms with E-state index < -0.39 is 0 Å². The molecule has 2 aromatic carbocycles. The first-order valence-corrected chi connectivity index (χ1v) is 6.27. The normalized spacial score (nSPS) is 10.2. The fourth-order valence-corrected chi connectivity index (χ4v) is 1.89. The predicted molar refractivity (Wildman–Crippen MR) is 76.5 cm³/mol. The Hall–Kier alpha value is -2.36. The van der Waals surface area contributed by atoms with E-state index in [-0.39, 0.29) is 18.1 Å². The number of nitrogens with one attached hydrogen (secondary N) is 1. The maximum Gasteiger partial charge on any atom is 0.228 e. The lowest BCUT2D eigenvalue weighted by atomic mass is 10.1. The Morgan fingerprint density at radius 3 is 2.50 bits per heavy atom. The van der Waals surface area contributed by atoms with Crippen LogP contribution in [0.4, 0.5) is 10.1 Å². The van der Waals surface area contributed by atoms with E-state index in [1.165, 1.54) is 12.1 Å². The lowest BCUT2D eigenvalue weighted by Gasteiger charge is -2.10. The van der Waals surface area contributed by atoms with E-state index in [1.807, 2.05) is 13.0 Å². The molecule has 0 aliphatic carbocycles. The molecule has 3 nitrogen and oxygen atoms in total. The zero-order chi connectivity index (χ0) is 14.5. The molecule has 0 aromatic heterocycles. The van der Waals surface area contributed by atoms with E-state index in [4.69, 9.17) is 4.74 Å². The van der Waals surface area contributed by atoms with Crippen LogP contribution >= 0.6 is 0 Å². The summed E-state index contributed by atoms with van der Waals surface area (Å²) in [7, 11) is 1.60. The molecule has 2 rings (SSSR count). The predicted octanol–water partition coefficient (Wildman–Crippen LogP) is 3.32. The Morgan fingerprint density at radius 2 is 1.90 bits per heavy atom. The fraction of sp³-hybridized carbons (Fsp3) is 0.188. The van der Waals surface area contributed by atoms with Gasteiger partial charge in [0.2, 0.25) is 5.91 Å². The third kappa shape index (κ3) is 3.57. The monoisotopic (exact) mass is 273 g/mol. The Morgan fingerprint density at radius 1 is 1.20 bits per heavy atom. The second-order valence-electron chi connectivity index (χ2n) is 4.53. The number of amides is 1. The van der Waals surface area contributed by atoms with Crippen LogP contribution in [-0.2, 0) is 11.2 Å². The average Bonchev–Trinajstić information content (AvgIpc) is 2.43. The molecule has 4 heteroatoms. The van der Waals surface area contributed by atoms with Gasteiger partial charge in [0.15, 0.2) is 0 Å². The standard InChI is InChI=1S/C16H16FNO2/c1-11-9-14(20-2)7-8-15(11)18-16(19)10-12-3-5-13(17)6-4-12/h3-9H,10H2,1-2H3,(H,18,19). The minimum Gasteiger partial charge on any atom is -0.497 e. The quantitative estimate of drug-likeness (QED) is 0.928. The SMILES string of the molecule is COc1ccc(NC(=O)Cc2ccc(F)cc2)c(C)c1. The van der Waals surface area contributed by atoms with Gasteiger partial charge in [-0.05, 0) is 48.4 Å². The number of rotatable bonds is 4. The van der Waals surface area contributed by atoms with Gasteiger partial charge in [-0.3, -0.25) is 4.79 Å². The average molecular weight is 273 g/mol. The van der Waals surface area contributed by atoms with Gasteiger partial charge in [0.1, 0.15) is 11.6 Å². The van der Waals surface area contributed by atoms with Crippen LogP contribution in [0.1, 0.15) is 11.1 Å². The molecular formula is C16H16FNO2. The second-order valence-corrected chi connectivity index (χ2v) is 4.53. The molecule has 0 aliphatic rings. The van der Waals surface area contributed by atoms with E-state index >= 15 is 0 Å². The van der Waals surface area contributed by atoms with Gasteiger partial charge in [-0.25, -0.2) is 4.39 Å². The van der Waals surface area contributed by atoms with E-state index in [9.17, 15) is 9.18 Å². The van der Waals surface area contributed by atoms with Crippen molar-refractivity contribution in [1.29, 1.82) is 0 Å². The third-order valence-corrected chi connectivity index (χ3v) is 2.99. The summed E-state index contributed by atoms with van der Waals surface area (Å²) < 4.78 is 17.9. The number of hydrogen-bond donors (Lipinski definition) is 1. The van der Waals surface area contributed by atoms with Gasteiger partial charge in [0, 0.05) is 5.69 Å². The molecule has 104 valence electrons. The smallest absolute Gasteiger partial charge is 0.228 e. The highest BCUT2D eigenvalue weighted by atomic mass is 19.1. The Balaban J connectivity index is 2.02. The number of methoxy groups -OCH3 is 1. The molecule has 0 saturated carbocycles. The molecule has 0 saturated heterocycles. The topological polar surface area (TPSA) is 38.3 Å². The maximum absolute atomic E-state index is 12.8. The van der Waals surface area contributed by atoms with E-state index in [2.05, 4.69) is 5.32 Å². The molecule has 20 heavy (non-hydrogen) atoms. The molecular weight excluding hydrogens is 257 g/mol. The molecule has 1 amide bonds. The van der Waals surface area contributed by atoms with Crippen LogP contribution in [0.3, 0.4) is 0 Å². The number of carbonyl (C=O) groups is 1. The van der Waals surface area contributed by atoms with Crippen molar-refractivity contribution < 1.29 is 13.9 Å². The molecule has 0 spiro atoms. The summed E-state index contributed by atoms with van der Waals surface area (Å²) in [4.78, 5) is 11.9. The molecule has 0 heterocycles. The van der Waals surface area contributed by atoms with Crippen molar-refractivity contribution in [1.82, 2.24) is 0 Å². The lowest BCUT2D eigenvalue weighted by Crippen LogP contribution is -2.15. The highest BCUT2D eigenvalue weighted by Gasteiger charge is 2.07. The van der Waals surface area contributed by atoms with Crippen LogP contribution < -0.4 is 10.1 Å². The summed E-state index contributed by atoms with van der Waals surface area (Å²) >= 11 is 0. The first-order valence-electron chi connectivity index (χ1n) is 6.27. The van der Waals surface area contributed by atoms with Crippen molar-refractivity contribution >= 4 is 11.6 Å². The summed E-state index contributed by atoms with van der Waals surface area (Å²) in [5.41, 5.74) is 2.45. The molecule has 0 atom stereocenters. The number of aryl methyl sites for hydroxylation is 1. The summed E-state index contributed by atoms with van der Waals surface area (Å²) in [6.07, 6.45) is 0.214. The van der Waals surface area contributed by atoms with Crippen molar-refractivity contribution in [2.75, 3.05) is 12.4 Å². The number of carbonyl (C=O) groups excluding carboxylic acids is 1. The van der Waals surface area contributed by atoms with Crippen LogP contribution in [0.15, 0.2) is 42.5 Å². The highest BCUT2D eigenvalue weighted by Crippen LogP contribution is 2.21. The lowest BCUT2D eigenvalue weighted by molar-refractivity contribution is -0.115. The van der Waals surface area contributed by atoms with Crippen LogP contribution in [0.25, 0.3) is 0 Å². The minimum atomic E-state index is -0.305. The van der Waals surface area contributed by atoms with Gasteiger partial charge in [-0.1, -0.05) is 12.1 Å². The fourth-order valence-electron chi connectivity index (χ4n) is 1.89. The van der Waals surface area contributed by atoms with Crippen molar-refractivity contribution in [3.63, 3.8) is 0 Å². The maximum atomic E-state index is 12.8. The van der Waals surface area contributed by atoms with Crippen LogP contribution in [0.2, 0.25) is 0 Å². The first kappa shape index (κ1) is 14.1. The largest absolute Gasteiger partial charge is 0.497 e. The zero-order valence-electron chi connectivity index (χ0n) is 11.4. The molecule has 0 radical (unpaired) electrons. The van der Waals surface area contributed by atoms with Crippen LogP contribution in [-0.4, -0.2) is 13.0 Å². The van der Waals surface area contributed by atoms with Crippen molar-refractivity contribution in [3.8, 4) is 5.75 Å². The minimum absolute atomic E-state index is 0.134. The number of halogens is 1. The Bertz CT molecular complexity index is 608. The number of ether oxygens (including phenoxy) is 1. The number of hydrogen-bond acceptors (Lipinski definition) is 2.